The molecule has 3 atom stereocenters. The van der Waals surface area contributed by atoms with E-state index in [2.05, 4.69) is 37.3 Å². The number of amides is 4. The normalized spacial score (nSPS) is 15.7. The molecule has 0 radical (unpaired) electrons. The SMILES string of the molecule is C=CC(=O)N1CCN(c2nc(NCCC(=O)N(C)CCOCCOCCOCCOc3cc(-c4scnc4C)ccc3CNC(=O)[C@@H]3C[C@@H](O)CN3C(=O)[C@H](c3cc(C)no3)C(C)C)nc3c(F)c(-c4c(O)cccc4F)c(Cl)cc23)CC1. The predicted molar refractivity (Wildman–Crippen MR) is 308 cm³/mol. The third-order valence-corrected chi connectivity index (χ3v) is 15.6. The number of β-amino-alcohol motifs (C(OH)–C–C–N with tert-alkyl or cyclic N) is 1. The largest absolute Gasteiger partial charge is 0.507 e. The first-order valence-electron chi connectivity index (χ1n) is 27.3. The van der Waals surface area contributed by atoms with Gasteiger partial charge in [0, 0.05) is 94.8 Å². The van der Waals surface area contributed by atoms with Crippen molar-refractivity contribution in [1.29, 1.82) is 0 Å². The van der Waals surface area contributed by atoms with Crippen LogP contribution in [0.5, 0.6) is 11.5 Å². The Labute approximate surface area is 488 Å². The van der Waals surface area contributed by atoms with Crippen molar-refractivity contribution >= 4 is 69.2 Å². The Morgan fingerprint density at radius 3 is 2.35 bits per heavy atom. The molecule has 25 heteroatoms. The van der Waals surface area contributed by atoms with Gasteiger partial charge in [-0.05, 0) is 55.7 Å². The number of fused-ring (bicyclic) bond motifs is 1. The average Bonchev–Trinajstić information content (AvgIpc) is 3.25. The van der Waals surface area contributed by atoms with E-state index in [4.69, 9.17) is 35.1 Å². The summed E-state index contributed by atoms with van der Waals surface area (Å²) in [5, 5.41) is 31.2. The highest BCUT2D eigenvalue weighted by molar-refractivity contribution is 7.13. The Bertz CT molecular complexity index is 3250. The molecule has 2 aliphatic heterocycles. The minimum absolute atomic E-state index is 0.0000546. The standard InChI is InChI=1S/C58H69ClF2N10O11S/c1-7-47(74)69-15-17-70(18-16-69)55-40-30-41(59)50(51-42(60)9-8-10-44(51)73)52(61)53(40)65-58(66-55)62-14-13-48(75)68(6)19-20-78-21-22-79-23-24-80-25-26-81-45-28-37(54-36(5)64-33-83-54)11-12-38(45)31-63-56(76)43-29-39(72)32-71(43)57(77)49(34(2)3)46-27-35(4)67-82-46/h7-12,27-28,30,33-34,39,43,49,72-73H,1,13-26,29,31-32H2,2-6H3,(H,63,76)(H,62,65,66)/t39-,43+,49+/m1/s1. The first kappa shape index (κ1) is 61.7. The second-order valence-electron chi connectivity index (χ2n) is 20.4. The molecule has 3 aromatic heterocycles. The summed E-state index contributed by atoms with van der Waals surface area (Å²) in [6.07, 6.45) is 0.505. The number of phenolic OH excluding ortho intramolecular Hbond substituents is 1. The lowest BCUT2D eigenvalue weighted by molar-refractivity contribution is -0.141. The first-order chi connectivity index (χ1) is 39.9. The maximum atomic E-state index is 16.5. The summed E-state index contributed by atoms with van der Waals surface area (Å²) in [4.78, 5) is 74.1. The second-order valence-corrected chi connectivity index (χ2v) is 21.7. The number of likely N-dealkylation sites (N-methyl/N-ethyl adjacent to an activating group) is 1. The molecule has 444 valence electrons. The van der Waals surface area contributed by atoms with Gasteiger partial charge in [-0.1, -0.05) is 55.4 Å². The monoisotopic (exact) mass is 1190 g/mol. The number of hydrogen-bond donors (Lipinski definition) is 4. The fourth-order valence-corrected chi connectivity index (χ4v) is 11.0. The van der Waals surface area contributed by atoms with Crippen LogP contribution in [0.3, 0.4) is 0 Å². The Balaban J connectivity index is 0.757. The molecule has 8 rings (SSSR count). The molecular formula is C58H69ClF2N10O11S. The van der Waals surface area contributed by atoms with Crippen LogP contribution in [0.2, 0.25) is 5.02 Å². The molecule has 0 bridgehead atoms. The third-order valence-electron chi connectivity index (χ3n) is 14.3. The number of carbonyl (C=O) groups excluding carboxylic acids is 4. The third kappa shape index (κ3) is 15.3. The molecule has 0 unspecified atom stereocenters. The number of halogens is 3. The maximum Gasteiger partial charge on any atom is 0.246 e. The van der Waals surface area contributed by atoms with Gasteiger partial charge in [0.15, 0.2) is 5.82 Å². The molecule has 0 aliphatic carbocycles. The van der Waals surface area contributed by atoms with E-state index in [1.807, 2.05) is 43.9 Å². The van der Waals surface area contributed by atoms with Gasteiger partial charge in [-0.2, -0.15) is 4.98 Å². The molecule has 83 heavy (non-hydrogen) atoms. The molecule has 2 aliphatic rings. The van der Waals surface area contributed by atoms with Gasteiger partial charge in [-0.15, -0.1) is 11.3 Å². The lowest BCUT2D eigenvalue weighted by Gasteiger charge is -2.35. The van der Waals surface area contributed by atoms with Crippen molar-refractivity contribution in [3.8, 4) is 33.1 Å². The Morgan fingerprint density at radius 1 is 0.964 bits per heavy atom. The molecule has 2 saturated heterocycles. The number of carbonyl (C=O) groups is 4. The average molecular weight is 1190 g/mol. The number of thiazole rings is 1. The first-order valence-corrected chi connectivity index (χ1v) is 28.6. The number of ether oxygens (including phenoxy) is 4. The van der Waals surface area contributed by atoms with Crippen molar-refractivity contribution in [3.63, 3.8) is 0 Å². The summed E-state index contributed by atoms with van der Waals surface area (Å²) in [7, 11) is 1.65. The second kappa shape index (κ2) is 28.8. The van der Waals surface area contributed by atoms with E-state index < -0.39 is 46.9 Å². The number of aliphatic hydroxyl groups excluding tert-OH is 1. The molecule has 2 fully saturated rings. The van der Waals surface area contributed by atoms with Crippen LogP contribution in [-0.2, 0) is 39.9 Å². The number of anilines is 2. The van der Waals surface area contributed by atoms with Crippen LogP contribution in [-0.4, -0.2) is 180 Å². The van der Waals surface area contributed by atoms with E-state index in [0.717, 1.165) is 22.2 Å². The van der Waals surface area contributed by atoms with Gasteiger partial charge in [-0.3, -0.25) is 19.2 Å². The summed E-state index contributed by atoms with van der Waals surface area (Å²) in [5.41, 5.74) is 3.93. The van der Waals surface area contributed by atoms with Gasteiger partial charge in [-0.25, -0.2) is 18.7 Å². The van der Waals surface area contributed by atoms with Gasteiger partial charge < -0.3 is 63.9 Å². The quantitative estimate of drug-likeness (QED) is 0.0302. The number of hydrogen-bond acceptors (Lipinski definition) is 18. The highest BCUT2D eigenvalue weighted by Crippen LogP contribution is 2.43. The van der Waals surface area contributed by atoms with E-state index in [0.29, 0.717) is 67.9 Å². The van der Waals surface area contributed by atoms with Crippen LogP contribution in [0, 0.1) is 31.4 Å². The molecule has 4 amide bonds. The van der Waals surface area contributed by atoms with Crippen molar-refractivity contribution < 1.29 is 61.6 Å². The Hall–Kier alpha value is -7.35. The lowest BCUT2D eigenvalue weighted by Crippen LogP contribution is -2.48. The Kier molecular flexibility index (Phi) is 21.4. The van der Waals surface area contributed by atoms with Crippen LogP contribution in [0.1, 0.15) is 55.3 Å². The van der Waals surface area contributed by atoms with Crippen LogP contribution in [0.15, 0.2) is 71.2 Å². The molecule has 4 N–H and O–H groups in total. The number of rotatable bonds is 27. The number of aromatic nitrogens is 4. The molecule has 0 saturated carbocycles. The fourth-order valence-electron chi connectivity index (χ4n) is 9.91. The van der Waals surface area contributed by atoms with E-state index in [-0.39, 0.29) is 123 Å². The van der Waals surface area contributed by atoms with Crippen molar-refractivity contribution in [2.75, 3.05) is 109 Å². The number of aromatic hydroxyl groups is 1. The summed E-state index contributed by atoms with van der Waals surface area (Å²) in [6.45, 7) is 14.8. The number of likely N-dealkylation sites (tertiary alicyclic amines) is 1. The van der Waals surface area contributed by atoms with Gasteiger partial charge in [0.2, 0.25) is 29.6 Å². The van der Waals surface area contributed by atoms with Crippen LogP contribution in [0.25, 0.3) is 32.5 Å². The van der Waals surface area contributed by atoms with E-state index in [1.165, 1.54) is 45.4 Å². The predicted octanol–water partition coefficient (Wildman–Crippen LogP) is 6.90. The van der Waals surface area contributed by atoms with Gasteiger partial charge >= 0.3 is 0 Å². The Morgan fingerprint density at radius 2 is 1.69 bits per heavy atom. The van der Waals surface area contributed by atoms with Gasteiger partial charge in [0.05, 0.1) is 78.1 Å². The zero-order valence-electron chi connectivity index (χ0n) is 47.0. The number of nitrogens with one attached hydrogen (secondary N) is 2. The topological polar surface area (TPSA) is 247 Å². The molecule has 21 nitrogen and oxygen atoms in total. The summed E-state index contributed by atoms with van der Waals surface area (Å²) >= 11 is 8.10. The van der Waals surface area contributed by atoms with Crippen LogP contribution >= 0.6 is 22.9 Å². The summed E-state index contributed by atoms with van der Waals surface area (Å²) in [5.74, 6) is -3.04. The van der Waals surface area contributed by atoms with Crippen molar-refractivity contribution in [2.24, 2.45) is 5.92 Å². The number of benzene rings is 3. The van der Waals surface area contributed by atoms with Crippen molar-refractivity contribution in [3.05, 3.63) is 106 Å². The highest BCUT2D eigenvalue weighted by Gasteiger charge is 2.43. The molecule has 3 aromatic carbocycles. The van der Waals surface area contributed by atoms with Crippen molar-refractivity contribution in [1.82, 2.24) is 40.1 Å². The number of nitrogens with zero attached hydrogens (tertiary/aromatic N) is 8. The van der Waals surface area contributed by atoms with Crippen LogP contribution in [0.4, 0.5) is 20.5 Å². The smallest absolute Gasteiger partial charge is 0.246 e. The minimum atomic E-state index is -0.973. The van der Waals surface area contributed by atoms with E-state index in [1.54, 1.807) is 30.4 Å². The van der Waals surface area contributed by atoms with Gasteiger partial charge in [0.1, 0.15) is 53.0 Å². The molecule has 0 spiro atoms. The number of aliphatic hydroxyl groups is 1. The fraction of sp³-hybridized carbons (Fsp3) is 0.448. The minimum Gasteiger partial charge on any atom is -0.507 e. The zero-order valence-corrected chi connectivity index (χ0v) is 48.6. The summed E-state index contributed by atoms with van der Waals surface area (Å²) in [6, 6.07) is 11.6. The maximum absolute atomic E-state index is 16.5. The van der Waals surface area contributed by atoms with Gasteiger partial charge in [0.25, 0.3) is 0 Å². The molecular weight excluding hydrogens is 1120 g/mol. The molecule has 6 aromatic rings. The number of aryl methyl sites for hydroxylation is 2. The number of piperazine rings is 1. The molecule has 5 heterocycles. The number of phenols is 1. The van der Waals surface area contributed by atoms with E-state index >= 15 is 8.78 Å². The lowest BCUT2D eigenvalue weighted by atomic mass is 9.91. The van der Waals surface area contributed by atoms with E-state index in [9.17, 15) is 29.4 Å². The highest BCUT2D eigenvalue weighted by atomic mass is 35.5. The van der Waals surface area contributed by atoms with Crippen molar-refractivity contribution in [2.45, 2.75) is 65.1 Å². The zero-order chi connectivity index (χ0) is 59.3. The summed E-state index contributed by atoms with van der Waals surface area (Å²) < 4.78 is 60.5. The van der Waals surface area contributed by atoms with Crippen LogP contribution < -0.4 is 20.3 Å².